The Morgan fingerprint density at radius 3 is 2.39 bits per heavy atom. The Hall–Kier alpha value is -3.47. The van der Waals surface area contributed by atoms with Crippen molar-refractivity contribution in [2.45, 2.75) is 13.0 Å². The first-order valence-electron chi connectivity index (χ1n) is 9.19. The van der Waals surface area contributed by atoms with Crippen molar-refractivity contribution >= 4 is 11.6 Å². The number of benzene rings is 3. The number of rotatable bonds is 8. The Morgan fingerprint density at radius 2 is 1.64 bits per heavy atom. The van der Waals surface area contributed by atoms with Crippen molar-refractivity contribution in [2.24, 2.45) is 10.7 Å². The van der Waals surface area contributed by atoms with Gasteiger partial charge in [0.05, 0.1) is 7.11 Å². The third-order valence-electron chi connectivity index (χ3n) is 4.19. The zero-order chi connectivity index (χ0) is 19.6. The van der Waals surface area contributed by atoms with Crippen LogP contribution in [0.1, 0.15) is 11.1 Å². The highest BCUT2D eigenvalue weighted by Gasteiger charge is 2.00. The third kappa shape index (κ3) is 6.06. The molecule has 0 aromatic heterocycles. The van der Waals surface area contributed by atoms with Gasteiger partial charge in [0.25, 0.3) is 0 Å². The molecule has 144 valence electrons. The Balaban J connectivity index is 1.48. The van der Waals surface area contributed by atoms with Crippen molar-refractivity contribution < 1.29 is 9.47 Å². The second-order valence-electron chi connectivity index (χ2n) is 6.29. The summed E-state index contributed by atoms with van der Waals surface area (Å²) in [5, 5.41) is 3.08. The monoisotopic (exact) mass is 375 g/mol. The topological polar surface area (TPSA) is 68.9 Å². The molecule has 3 aromatic carbocycles. The number of anilines is 1. The van der Waals surface area contributed by atoms with Crippen molar-refractivity contribution in [2.75, 3.05) is 19.0 Å². The molecule has 0 aliphatic carbocycles. The molecule has 0 unspecified atom stereocenters. The van der Waals surface area contributed by atoms with Crippen LogP contribution in [0.2, 0.25) is 0 Å². The standard InChI is InChI=1S/C23H25N3O2/c1-27-21-12-10-20(11-13-21)26-23(24)25-15-14-18-8-5-9-22(16-18)28-17-19-6-3-2-4-7-19/h2-13,16H,14-15,17H2,1H3,(H3,24,25,26). The van der Waals surface area contributed by atoms with E-state index in [-0.39, 0.29) is 0 Å². The summed E-state index contributed by atoms with van der Waals surface area (Å²) in [6.45, 7) is 1.15. The predicted octanol–water partition coefficient (Wildman–Crippen LogP) is 4.24. The van der Waals surface area contributed by atoms with E-state index in [1.54, 1.807) is 7.11 Å². The van der Waals surface area contributed by atoms with E-state index in [0.717, 1.165) is 34.7 Å². The second kappa shape index (κ2) is 10.0. The van der Waals surface area contributed by atoms with Crippen LogP contribution in [-0.2, 0) is 13.0 Å². The summed E-state index contributed by atoms with van der Waals surface area (Å²) in [6, 6.07) is 25.7. The molecule has 0 aliphatic rings. The zero-order valence-electron chi connectivity index (χ0n) is 16.0. The van der Waals surface area contributed by atoms with Crippen LogP contribution in [0.25, 0.3) is 0 Å². The molecule has 0 bridgehead atoms. The molecule has 5 nitrogen and oxygen atoms in total. The van der Waals surface area contributed by atoms with Gasteiger partial charge in [-0.15, -0.1) is 0 Å². The molecule has 28 heavy (non-hydrogen) atoms. The molecule has 3 aromatic rings. The summed E-state index contributed by atoms with van der Waals surface area (Å²) in [7, 11) is 1.64. The molecular weight excluding hydrogens is 350 g/mol. The van der Waals surface area contributed by atoms with Gasteiger partial charge in [0.1, 0.15) is 18.1 Å². The van der Waals surface area contributed by atoms with Crippen molar-refractivity contribution in [3.63, 3.8) is 0 Å². The number of nitrogens with two attached hydrogens (primary N) is 1. The maximum atomic E-state index is 5.97. The maximum Gasteiger partial charge on any atom is 0.193 e. The van der Waals surface area contributed by atoms with Crippen LogP contribution in [-0.4, -0.2) is 19.6 Å². The second-order valence-corrected chi connectivity index (χ2v) is 6.29. The van der Waals surface area contributed by atoms with Crippen LogP contribution in [0.5, 0.6) is 11.5 Å². The van der Waals surface area contributed by atoms with Crippen LogP contribution >= 0.6 is 0 Å². The summed E-state index contributed by atoms with van der Waals surface area (Å²) in [4.78, 5) is 4.39. The smallest absolute Gasteiger partial charge is 0.193 e. The Kier molecular flexibility index (Phi) is 6.90. The first kappa shape index (κ1) is 19.3. The van der Waals surface area contributed by atoms with Gasteiger partial charge < -0.3 is 20.5 Å². The lowest BCUT2D eigenvalue weighted by Crippen LogP contribution is -2.23. The minimum Gasteiger partial charge on any atom is -0.497 e. The van der Waals surface area contributed by atoms with E-state index >= 15 is 0 Å². The molecule has 0 saturated heterocycles. The molecule has 0 fully saturated rings. The lowest BCUT2D eigenvalue weighted by atomic mass is 10.1. The minimum absolute atomic E-state index is 0.390. The first-order chi connectivity index (χ1) is 13.7. The maximum absolute atomic E-state index is 5.97. The van der Waals surface area contributed by atoms with Crippen molar-refractivity contribution in [1.29, 1.82) is 0 Å². The van der Waals surface area contributed by atoms with Crippen molar-refractivity contribution in [3.8, 4) is 11.5 Å². The number of nitrogens with zero attached hydrogens (tertiary/aromatic N) is 1. The van der Waals surface area contributed by atoms with Gasteiger partial charge in [-0.05, 0) is 53.9 Å². The Labute approximate surface area is 165 Å². The number of guanidine groups is 1. The average molecular weight is 375 g/mol. The van der Waals surface area contributed by atoms with E-state index in [9.17, 15) is 0 Å². The summed E-state index contributed by atoms with van der Waals surface area (Å²) >= 11 is 0. The minimum atomic E-state index is 0.390. The van der Waals surface area contributed by atoms with Gasteiger partial charge in [0.2, 0.25) is 0 Å². The molecular formula is C23H25N3O2. The highest BCUT2D eigenvalue weighted by Crippen LogP contribution is 2.16. The van der Waals surface area contributed by atoms with Gasteiger partial charge in [-0.25, -0.2) is 0 Å². The highest BCUT2D eigenvalue weighted by atomic mass is 16.5. The highest BCUT2D eigenvalue weighted by molar-refractivity contribution is 5.92. The third-order valence-corrected chi connectivity index (χ3v) is 4.19. The molecule has 0 amide bonds. The van der Waals surface area contributed by atoms with E-state index in [0.29, 0.717) is 19.1 Å². The quantitative estimate of drug-likeness (QED) is 0.456. The fourth-order valence-electron chi connectivity index (χ4n) is 2.70. The Morgan fingerprint density at radius 1 is 0.893 bits per heavy atom. The van der Waals surface area contributed by atoms with E-state index in [1.165, 1.54) is 0 Å². The molecule has 0 atom stereocenters. The van der Waals surface area contributed by atoms with E-state index in [4.69, 9.17) is 15.2 Å². The zero-order valence-corrected chi connectivity index (χ0v) is 16.0. The van der Waals surface area contributed by atoms with Crippen molar-refractivity contribution in [3.05, 3.63) is 90.0 Å². The first-order valence-corrected chi connectivity index (χ1v) is 9.19. The largest absolute Gasteiger partial charge is 0.497 e. The van der Waals surface area contributed by atoms with Crippen LogP contribution < -0.4 is 20.5 Å². The molecule has 3 rings (SSSR count). The van der Waals surface area contributed by atoms with Gasteiger partial charge in [0, 0.05) is 12.2 Å². The van der Waals surface area contributed by atoms with Gasteiger partial charge in [-0.1, -0.05) is 42.5 Å². The Bertz CT molecular complexity index is 893. The summed E-state index contributed by atoms with van der Waals surface area (Å²) in [5.41, 5.74) is 9.15. The fraction of sp³-hybridized carbons (Fsp3) is 0.174. The van der Waals surface area contributed by atoms with Crippen LogP contribution in [0, 0.1) is 0 Å². The number of hydrogen-bond donors (Lipinski definition) is 2. The van der Waals surface area contributed by atoms with Gasteiger partial charge in [-0.2, -0.15) is 0 Å². The number of methoxy groups -OCH3 is 1. The number of aliphatic imine (C=N–C) groups is 1. The van der Waals surface area contributed by atoms with Gasteiger partial charge in [-0.3, -0.25) is 4.99 Å². The van der Waals surface area contributed by atoms with E-state index in [2.05, 4.69) is 28.5 Å². The molecule has 0 spiro atoms. The van der Waals surface area contributed by atoms with Crippen LogP contribution in [0.3, 0.4) is 0 Å². The fourth-order valence-corrected chi connectivity index (χ4v) is 2.70. The predicted molar refractivity (Wildman–Crippen MR) is 114 cm³/mol. The van der Waals surface area contributed by atoms with Gasteiger partial charge >= 0.3 is 0 Å². The van der Waals surface area contributed by atoms with E-state index < -0.39 is 0 Å². The summed E-state index contributed by atoms with van der Waals surface area (Å²) in [6.07, 6.45) is 0.785. The molecule has 3 N–H and O–H groups in total. The van der Waals surface area contributed by atoms with Crippen LogP contribution in [0.15, 0.2) is 83.9 Å². The molecule has 5 heteroatoms. The van der Waals surface area contributed by atoms with Crippen LogP contribution in [0.4, 0.5) is 5.69 Å². The summed E-state index contributed by atoms with van der Waals surface area (Å²) < 4.78 is 11.0. The molecule has 0 aliphatic heterocycles. The lowest BCUT2D eigenvalue weighted by Gasteiger charge is -2.08. The van der Waals surface area contributed by atoms with E-state index in [1.807, 2.05) is 60.7 Å². The molecule has 0 saturated carbocycles. The molecule has 0 radical (unpaired) electrons. The SMILES string of the molecule is COc1ccc(NC(N)=NCCc2cccc(OCc3ccccc3)c2)cc1. The molecule has 0 heterocycles. The lowest BCUT2D eigenvalue weighted by molar-refractivity contribution is 0.306. The summed E-state index contributed by atoms with van der Waals surface area (Å²) in [5.74, 6) is 2.05. The average Bonchev–Trinajstić information content (AvgIpc) is 2.74. The van der Waals surface area contributed by atoms with Gasteiger partial charge in [0.15, 0.2) is 5.96 Å². The number of hydrogen-bond acceptors (Lipinski definition) is 3. The normalized spacial score (nSPS) is 11.1. The van der Waals surface area contributed by atoms with Crippen molar-refractivity contribution in [1.82, 2.24) is 0 Å². The number of ether oxygens (including phenoxy) is 2. The number of nitrogens with one attached hydrogen (secondary N) is 1.